The molecule has 2 fully saturated rings. The zero-order chi connectivity index (χ0) is 17.8. The summed E-state index contributed by atoms with van der Waals surface area (Å²) >= 11 is 0. The molecule has 0 spiro atoms. The molecule has 0 bridgehead atoms. The highest BCUT2D eigenvalue weighted by Gasteiger charge is 2.28. The molecule has 6 heteroatoms. The molecule has 146 valence electrons. The van der Waals surface area contributed by atoms with Gasteiger partial charge in [0.25, 0.3) is 0 Å². The van der Waals surface area contributed by atoms with Crippen molar-refractivity contribution >= 4 is 18.3 Å². The van der Waals surface area contributed by atoms with E-state index in [-0.39, 0.29) is 36.3 Å². The maximum atomic E-state index is 12.4. The van der Waals surface area contributed by atoms with E-state index in [4.69, 9.17) is 15.2 Å². The first-order chi connectivity index (χ1) is 12.1. The second-order valence-electron chi connectivity index (χ2n) is 7.43. The summed E-state index contributed by atoms with van der Waals surface area (Å²) in [6, 6.07) is 6.03. The van der Waals surface area contributed by atoms with Crippen LogP contribution in [0.25, 0.3) is 0 Å². The number of nitrogens with two attached hydrogens (primary N) is 1. The molecule has 2 aliphatic rings. The Morgan fingerprint density at radius 2 is 1.92 bits per heavy atom. The highest BCUT2D eigenvalue weighted by molar-refractivity contribution is 5.85. The van der Waals surface area contributed by atoms with E-state index in [0.29, 0.717) is 6.10 Å². The Morgan fingerprint density at radius 1 is 1.19 bits per heavy atom. The number of rotatable bonds is 6. The first-order valence-electron chi connectivity index (χ1n) is 9.47. The monoisotopic (exact) mass is 382 g/mol. The molecular formula is C20H31ClN2O3. The van der Waals surface area contributed by atoms with Crippen LogP contribution in [0.5, 0.6) is 11.5 Å². The maximum absolute atomic E-state index is 12.4. The Kier molecular flexibility index (Phi) is 7.59. The average molecular weight is 383 g/mol. The number of amides is 1. The molecule has 3 atom stereocenters. The number of ether oxygens (including phenoxy) is 2. The predicted octanol–water partition coefficient (Wildman–Crippen LogP) is 3.74. The minimum absolute atomic E-state index is 0. The summed E-state index contributed by atoms with van der Waals surface area (Å²) in [5.41, 5.74) is 6.94. The van der Waals surface area contributed by atoms with E-state index >= 15 is 0 Å². The Bertz CT molecular complexity index is 605. The Morgan fingerprint density at radius 3 is 2.54 bits per heavy atom. The summed E-state index contributed by atoms with van der Waals surface area (Å²) in [4.78, 5) is 12.4. The van der Waals surface area contributed by atoms with Gasteiger partial charge in [-0.2, -0.15) is 0 Å². The quantitative estimate of drug-likeness (QED) is 0.785. The van der Waals surface area contributed by atoms with E-state index in [9.17, 15) is 4.79 Å². The van der Waals surface area contributed by atoms with Crippen LogP contribution < -0.4 is 20.5 Å². The van der Waals surface area contributed by atoms with Gasteiger partial charge in [0.15, 0.2) is 11.5 Å². The third-order valence-corrected chi connectivity index (χ3v) is 5.49. The van der Waals surface area contributed by atoms with Crippen LogP contribution in [0.1, 0.15) is 63.5 Å². The predicted molar refractivity (Wildman–Crippen MR) is 105 cm³/mol. The van der Waals surface area contributed by atoms with Crippen molar-refractivity contribution in [3.63, 3.8) is 0 Å². The smallest absolute Gasteiger partial charge is 0.223 e. The molecule has 0 radical (unpaired) electrons. The summed E-state index contributed by atoms with van der Waals surface area (Å²) in [5, 5.41) is 3.11. The van der Waals surface area contributed by atoms with Gasteiger partial charge < -0.3 is 20.5 Å². The molecule has 0 aromatic heterocycles. The number of halogens is 1. The van der Waals surface area contributed by atoms with Gasteiger partial charge in [-0.05, 0) is 69.6 Å². The van der Waals surface area contributed by atoms with Gasteiger partial charge in [-0.25, -0.2) is 0 Å². The van der Waals surface area contributed by atoms with Gasteiger partial charge in [-0.3, -0.25) is 4.79 Å². The summed E-state index contributed by atoms with van der Waals surface area (Å²) in [6.07, 6.45) is 7.60. The van der Waals surface area contributed by atoms with E-state index in [1.165, 1.54) is 12.8 Å². The molecule has 0 heterocycles. The lowest BCUT2D eigenvalue weighted by Crippen LogP contribution is -2.32. The number of nitrogens with one attached hydrogen (secondary N) is 1. The van der Waals surface area contributed by atoms with E-state index < -0.39 is 0 Å². The van der Waals surface area contributed by atoms with Gasteiger partial charge in [0.2, 0.25) is 5.91 Å². The Labute approximate surface area is 162 Å². The van der Waals surface area contributed by atoms with Gasteiger partial charge in [0.05, 0.1) is 19.3 Å². The first kappa shape index (κ1) is 20.8. The van der Waals surface area contributed by atoms with Crippen LogP contribution in [0.4, 0.5) is 0 Å². The van der Waals surface area contributed by atoms with Crippen molar-refractivity contribution in [2.24, 2.45) is 11.7 Å². The Balaban J connectivity index is 0.00000243. The van der Waals surface area contributed by atoms with Crippen LogP contribution in [0.2, 0.25) is 0 Å². The number of hydrogen-bond acceptors (Lipinski definition) is 4. The zero-order valence-electron chi connectivity index (χ0n) is 15.7. The fourth-order valence-corrected chi connectivity index (χ4v) is 3.91. The number of carbonyl (C=O) groups is 1. The van der Waals surface area contributed by atoms with Gasteiger partial charge in [-0.15, -0.1) is 12.4 Å². The molecular weight excluding hydrogens is 352 g/mol. The number of methoxy groups -OCH3 is 1. The molecule has 5 nitrogen and oxygen atoms in total. The second-order valence-corrected chi connectivity index (χ2v) is 7.43. The summed E-state index contributed by atoms with van der Waals surface area (Å²) in [7, 11) is 1.66. The maximum Gasteiger partial charge on any atom is 0.223 e. The van der Waals surface area contributed by atoms with Crippen LogP contribution in [0.15, 0.2) is 18.2 Å². The van der Waals surface area contributed by atoms with Gasteiger partial charge in [0, 0.05) is 12.0 Å². The van der Waals surface area contributed by atoms with Crippen molar-refractivity contribution in [1.82, 2.24) is 5.32 Å². The van der Waals surface area contributed by atoms with Crippen molar-refractivity contribution in [2.75, 3.05) is 7.11 Å². The molecule has 0 aliphatic heterocycles. The van der Waals surface area contributed by atoms with E-state index in [1.54, 1.807) is 7.11 Å². The molecule has 3 rings (SSSR count). The second kappa shape index (κ2) is 9.47. The molecule has 1 aromatic rings. The van der Waals surface area contributed by atoms with Crippen LogP contribution in [0.3, 0.4) is 0 Å². The Hall–Kier alpha value is -1.46. The summed E-state index contributed by atoms with van der Waals surface area (Å²) in [5.74, 6) is 1.67. The van der Waals surface area contributed by atoms with E-state index in [0.717, 1.165) is 49.2 Å². The fourth-order valence-electron chi connectivity index (χ4n) is 3.91. The molecule has 1 amide bonds. The molecule has 2 saturated carbocycles. The third kappa shape index (κ3) is 5.04. The van der Waals surface area contributed by atoms with Crippen LogP contribution in [0, 0.1) is 5.92 Å². The topological polar surface area (TPSA) is 73.6 Å². The molecule has 26 heavy (non-hydrogen) atoms. The third-order valence-electron chi connectivity index (χ3n) is 5.49. The van der Waals surface area contributed by atoms with E-state index in [2.05, 4.69) is 5.32 Å². The first-order valence-corrected chi connectivity index (χ1v) is 9.47. The summed E-state index contributed by atoms with van der Waals surface area (Å²) in [6.45, 7) is 2.00. The molecule has 0 saturated heterocycles. The molecule has 1 aromatic carbocycles. The van der Waals surface area contributed by atoms with Crippen molar-refractivity contribution in [3.05, 3.63) is 23.8 Å². The van der Waals surface area contributed by atoms with E-state index in [1.807, 2.05) is 25.1 Å². The minimum Gasteiger partial charge on any atom is -0.493 e. The van der Waals surface area contributed by atoms with Gasteiger partial charge in [0.1, 0.15) is 0 Å². The molecule has 2 aliphatic carbocycles. The number of carbonyl (C=O) groups excluding carboxylic acids is 1. The lowest BCUT2D eigenvalue weighted by Gasteiger charge is -2.20. The molecule has 3 N–H and O–H groups in total. The van der Waals surface area contributed by atoms with Crippen molar-refractivity contribution in [2.45, 2.75) is 70.1 Å². The van der Waals surface area contributed by atoms with Crippen molar-refractivity contribution < 1.29 is 14.3 Å². The zero-order valence-corrected chi connectivity index (χ0v) is 16.5. The van der Waals surface area contributed by atoms with Crippen molar-refractivity contribution in [3.8, 4) is 11.5 Å². The van der Waals surface area contributed by atoms with Crippen LogP contribution in [-0.2, 0) is 4.79 Å². The highest BCUT2D eigenvalue weighted by Crippen LogP contribution is 2.34. The SMILES string of the molecule is COc1cc(C(C)NC(=O)C2CCC(N)C2)ccc1OC1CCCC1.Cl. The highest BCUT2D eigenvalue weighted by atomic mass is 35.5. The fraction of sp³-hybridized carbons (Fsp3) is 0.650. The van der Waals surface area contributed by atoms with Crippen molar-refractivity contribution in [1.29, 1.82) is 0 Å². The standard InChI is InChI=1S/C20H30N2O3.ClH/c1-13(22-20(23)15-7-9-16(21)11-15)14-8-10-18(19(12-14)24-2)25-17-5-3-4-6-17;/h8,10,12-13,15-17H,3-7,9,11,21H2,1-2H3,(H,22,23);1H. The van der Waals surface area contributed by atoms with Crippen LogP contribution >= 0.6 is 12.4 Å². The minimum atomic E-state index is -0.0706. The lowest BCUT2D eigenvalue weighted by molar-refractivity contribution is -0.125. The van der Waals surface area contributed by atoms with Gasteiger partial charge >= 0.3 is 0 Å². The largest absolute Gasteiger partial charge is 0.493 e. The van der Waals surface area contributed by atoms with Gasteiger partial charge in [-0.1, -0.05) is 6.07 Å². The summed E-state index contributed by atoms with van der Waals surface area (Å²) < 4.78 is 11.6. The number of benzene rings is 1. The normalized spacial score (nSPS) is 24.0. The number of hydrogen-bond donors (Lipinski definition) is 2. The average Bonchev–Trinajstić information content (AvgIpc) is 3.26. The molecule has 3 unspecified atom stereocenters. The lowest BCUT2D eigenvalue weighted by atomic mass is 10.0. The van der Waals surface area contributed by atoms with Crippen LogP contribution in [-0.4, -0.2) is 25.2 Å².